The number of nitrogens with one attached hydrogen (secondary N) is 1. The van der Waals surface area contributed by atoms with Gasteiger partial charge in [0.05, 0.1) is 5.56 Å². The summed E-state index contributed by atoms with van der Waals surface area (Å²) in [6.07, 6.45) is 0. The molecule has 2 aromatic rings. The number of hydrogen-bond donors (Lipinski definition) is 2. The van der Waals surface area contributed by atoms with Crippen LogP contribution >= 0.6 is 31.9 Å². The summed E-state index contributed by atoms with van der Waals surface area (Å²) in [5.41, 5.74) is 2.50. The Hall–Kier alpha value is -1.17. The molecular formula is C16H15Br2NO2. The lowest BCUT2D eigenvalue weighted by Crippen LogP contribution is -2.18. The fraction of sp³-hybridized carbons (Fsp3) is 0.188. The summed E-state index contributed by atoms with van der Waals surface area (Å²) in [6.45, 7) is 2.75. The molecule has 2 N–H and O–H groups in total. The molecule has 2 rings (SSSR count). The highest BCUT2D eigenvalue weighted by molar-refractivity contribution is 9.10. The first-order chi connectivity index (χ1) is 9.99. The molecule has 0 aliphatic carbocycles. The van der Waals surface area contributed by atoms with E-state index in [0.717, 1.165) is 14.5 Å². The molecule has 0 aliphatic rings. The Morgan fingerprint density at radius 3 is 2.52 bits per heavy atom. The third kappa shape index (κ3) is 4.15. The number of carboxylic acid groups (broad SMARTS) is 1. The summed E-state index contributed by atoms with van der Waals surface area (Å²) in [5, 5.41) is 12.4. The molecule has 0 radical (unpaired) electrons. The molecule has 0 aromatic heterocycles. The molecule has 5 heteroatoms. The van der Waals surface area contributed by atoms with Crippen LogP contribution in [-0.4, -0.2) is 11.1 Å². The van der Waals surface area contributed by atoms with Gasteiger partial charge in [0, 0.05) is 21.5 Å². The van der Waals surface area contributed by atoms with Crippen LogP contribution in [0.5, 0.6) is 0 Å². The maximum Gasteiger partial charge on any atom is 0.335 e. The van der Waals surface area contributed by atoms with Crippen LogP contribution in [0.3, 0.4) is 0 Å². The number of benzene rings is 2. The fourth-order valence-electron chi connectivity index (χ4n) is 2.02. The van der Waals surface area contributed by atoms with Crippen LogP contribution in [0.25, 0.3) is 0 Å². The molecule has 110 valence electrons. The summed E-state index contributed by atoms with van der Waals surface area (Å²) < 4.78 is 1.87. The van der Waals surface area contributed by atoms with Crippen LogP contribution in [-0.2, 0) is 6.54 Å². The van der Waals surface area contributed by atoms with E-state index in [0.29, 0.717) is 6.54 Å². The summed E-state index contributed by atoms with van der Waals surface area (Å²) in [5.74, 6) is -0.920. The molecule has 0 aliphatic heterocycles. The second-order valence-electron chi connectivity index (χ2n) is 4.74. The van der Waals surface area contributed by atoms with Crippen molar-refractivity contribution in [3.05, 3.63) is 68.1 Å². The van der Waals surface area contributed by atoms with Gasteiger partial charge in [-0.3, -0.25) is 0 Å². The lowest BCUT2D eigenvalue weighted by molar-refractivity contribution is 0.0697. The van der Waals surface area contributed by atoms with Crippen molar-refractivity contribution in [2.45, 2.75) is 19.5 Å². The maximum absolute atomic E-state index is 10.9. The van der Waals surface area contributed by atoms with Crippen molar-refractivity contribution < 1.29 is 9.90 Å². The Morgan fingerprint density at radius 2 is 1.90 bits per heavy atom. The topological polar surface area (TPSA) is 49.3 Å². The van der Waals surface area contributed by atoms with Gasteiger partial charge in [-0.25, -0.2) is 4.79 Å². The zero-order chi connectivity index (χ0) is 15.4. The van der Waals surface area contributed by atoms with Crippen LogP contribution in [0.4, 0.5) is 0 Å². The standard InChI is InChI=1S/C16H15Br2NO2/c1-10(13-4-2-3-5-14(13)17)19-9-12-7-6-11(16(20)21)8-15(12)18/h2-8,10,19H,9H2,1H3,(H,20,21)/t10-/m0/s1. The number of carbonyl (C=O) groups is 1. The highest BCUT2D eigenvalue weighted by Crippen LogP contribution is 2.24. The van der Waals surface area contributed by atoms with E-state index in [1.54, 1.807) is 12.1 Å². The predicted octanol–water partition coefficient (Wildman–Crippen LogP) is 4.76. The SMILES string of the molecule is C[C@H](NCc1ccc(C(=O)O)cc1Br)c1ccccc1Br. The highest BCUT2D eigenvalue weighted by atomic mass is 79.9. The zero-order valence-corrected chi connectivity index (χ0v) is 14.6. The monoisotopic (exact) mass is 411 g/mol. The van der Waals surface area contributed by atoms with E-state index in [2.05, 4.69) is 50.2 Å². The lowest BCUT2D eigenvalue weighted by atomic mass is 10.1. The third-order valence-electron chi connectivity index (χ3n) is 3.27. The van der Waals surface area contributed by atoms with Crippen molar-refractivity contribution in [3.63, 3.8) is 0 Å². The third-order valence-corrected chi connectivity index (χ3v) is 4.73. The quantitative estimate of drug-likeness (QED) is 0.744. The molecule has 3 nitrogen and oxygen atoms in total. The Bertz CT molecular complexity index is 658. The van der Waals surface area contributed by atoms with E-state index >= 15 is 0 Å². The van der Waals surface area contributed by atoms with E-state index < -0.39 is 5.97 Å². The molecule has 21 heavy (non-hydrogen) atoms. The Kier molecular flexibility index (Phi) is 5.56. The molecule has 0 spiro atoms. The van der Waals surface area contributed by atoms with E-state index in [1.165, 1.54) is 5.56 Å². The van der Waals surface area contributed by atoms with E-state index in [1.807, 2.05) is 24.3 Å². The smallest absolute Gasteiger partial charge is 0.335 e. The Balaban J connectivity index is 2.06. The van der Waals surface area contributed by atoms with Gasteiger partial charge in [0.15, 0.2) is 0 Å². The minimum Gasteiger partial charge on any atom is -0.478 e. The van der Waals surface area contributed by atoms with Crippen LogP contribution < -0.4 is 5.32 Å². The summed E-state index contributed by atoms with van der Waals surface area (Å²) in [7, 11) is 0. The molecule has 1 atom stereocenters. The predicted molar refractivity (Wildman–Crippen MR) is 90.5 cm³/mol. The Morgan fingerprint density at radius 1 is 1.19 bits per heavy atom. The molecule has 0 heterocycles. The minimum absolute atomic E-state index is 0.187. The van der Waals surface area contributed by atoms with E-state index in [4.69, 9.17) is 5.11 Å². The molecule has 0 amide bonds. The first-order valence-corrected chi connectivity index (χ1v) is 8.07. The first kappa shape index (κ1) is 16.2. The van der Waals surface area contributed by atoms with Crippen molar-refractivity contribution in [3.8, 4) is 0 Å². The molecule has 2 aromatic carbocycles. The highest BCUT2D eigenvalue weighted by Gasteiger charge is 2.10. The molecular weight excluding hydrogens is 398 g/mol. The van der Waals surface area contributed by atoms with Crippen molar-refractivity contribution in [1.29, 1.82) is 0 Å². The number of halogens is 2. The van der Waals surface area contributed by atoms with Crippen LogP contribution in [0.15, 0.2) is 51.4 Å². The van der Waals surface area contributed by atoms with Gasteiger partial charge >= 0.3 is 5.97 Å². The second-order valence-corrected chi connectivity index (χ2v) is 6.44. The minimum atomic E-state index is -0.920. The zero-order valence-electron chi connectivity index (χ0n) is 11.4. The van der Waals surface area contributed by atoms with Crippen molar-refractivity contribution >= 4 is 37.8 Å². The molecule has 0 saturated heterocycles. The Labute approximate surface area is 140 Å². The van der Waals surface area contributed by atoms with Gasteiger partial charge in [-0.15, -0.1) is 0 Å². The fourth-order valence-corrected chi connectivity index (χ4v) is 3.17. The van der Waals surface area contributed by atoms with Crippen LogP contribution in [0.1, 0.15) is 34.5 Å². The molecule has 0 unspecified atom stereocenters. The average molecular weight is 413 g/mol. The van der Waals surface area contributed by atoms with Crippen LogP contribution in [0.2, 0.25) is 0 Å². The van der Waals surface area contributed by atoms with Gasteiger partial charge in [-0.1, -0.05) is 56.1 Å². The van der Waals surface area contributed by atoms with Crippen molar-refractivity contribution in [2.24, 2.45) is 0 Å². The van der Waals surface area contributed by atoms with Gasteiger partial charge in [0.2, 0.25) is 0 Å². The van der Waals surface area contributed by atoms with Crippen molar-refractivity contribution in [2.75, 3.05) is 0 Å². The molecule has 0 saturated carbocycles. The van der Waals surface area contributed by atoms with E-state index in [9.17, 15) is 4.79 Å². The van der Waals surface area contributed by atoms with Gasteiger partial charge in [0.25, 0.3) is 0 Å². The van der Waals surface area contributed by atoms with Gasteiger partial charge in [-0.05, 0) is 36.2 Å². The summed E-state index contributed by atoms with van der Waals surface area (Å²) >= 11 is 6.97. The largest absolute Gasteiger partial charge is 0.478 e. The maximum atomic E-state index is 10.9. The van der Waals surface area contributed by atoms with Crippen molar-refractivity contribution in [1.82, 2.24) is 5.32 Å². The average Bonchev–Trinajstić information content (AvgIpc) is 2.46. The number of rotatable bonds is 5. The van der Waals surface area contributed by atoms with Crippen LogP contribution in [0, 0.1) is 0 Å². The normalized spacial score (nSPS) is 12.1. The lowest BCUT2D eigenvalue weighted by Gasteiger charge is -2.16. The first-order valence-electron chi connectivity index (χ1n) is 6.48. The molecule has 0 fully saturated rings. The number of aromatic carboxylic acids is 1. The summed E-state index contributed by atoms with van der Waals surface area (Å²) in [4.78, 5) is 10.9. The van der Waals surface area contributed by atoms with Gasteiger partial charge in [-0.2, -0.15) is 0 Å². The molecule has 0 bridgehead atoms. The number of hydrogen-bond acceptors (Lipinski definition) is 2. The summed E-state index contributed by atoms with van der Waals surface area (Å²) in [6, 6.07) is 13.3. The number of carboxylic acids is 1. The van der Waals surface area contributed by atoms with Gasteiger partial charge < -0.3 is 10.4 Å². The van der Waals surface area contributed by atoms with E-state index in [-0.39, 0.29) is 11.6 Å². The van der Waals surface area contributed by atoms with Gasteiger partial charge in [0.1, 0.15) is 0 Å². The second kappa shape index (κ2) is 7.20.